The van der Waals surface area contributed by atoms with Crippen molar-refractivity contribution in [3.63, 3.8) is 0 Å². The first-order valence-corrected chi connectivity index (χ1v) is 3.61. The van der Waals surface area contributed by atoms with E-state index in [1.165, 1.54) is 0 Å². The lowest BCUT2D eigenvalue weighted by molar-refractivity contribution is -0.139. The van der Waals surface area contributed by atoms with Crippen LogP contribution in [-0.2, 0) is 4.79 Å². The highest BCUT2D eigenvalue weighted by atomic mass is 16.4. The number of aliphatic hydroxyl groups is 1. The molecule has 1 unspecified atom stereocenters. The molecule has 0 aromatic heterocycles. The molecule has 0 aromatic rings. The van der Waals surface area contributed by atoms with Gasteiger partial charge in [0.15, 0.2) is 0 Å². The number of aliphatic carboxylic acids is 1. The van der Waals surface area contributed by atoms with Gasteiger partial charge < -0.3 is 15.9 Å². The monoisotopic (exact) mass is 161 g/mol. The summed E-state index contributed by atoms with van der Waals surface area (Å²) < 4.78 is 0. The number of carbonyl (C=O) groups is 1. The summed E-state index contributed by atoms with van der Waals surface area (Å²) in [6.07, 6.45) is -0.506. The minimum absolute atomic E-state index is 0.0559. The van der Waals surface area contributed by atoms with Gasteiger partial charge in [0.1, 0.15) is 6.04 Å². The number of hydrogen-bond acceptors (Lipinski definition) is 3. The van der Waals surface area contributed by atoms with Gasteiger partial charge in [0.05, 0.1) is 6.10 Å². The fraction of sp³-hybridized carbons (Fsp3) is 0.857. The highest BCUT2D eigenvalue weighted by Gasteiger charge is 2.18. The van der Waals surface area contributed by atoms with Crippen LogP contribution in [0.4, 0.5) is 0 Å². The first-order chi connectivity index (χ1) is 4.95. The fourth-order valence-electron chi connectivity index (χ4n) is 0.633. The van der Waals surface area contributed by atoms with E-state index in [9.17, 15) is 9.90 Å². The van der Waals surface area contributed by atoms with E-state index in [1.807, 2.05) is 13.8 Å². The third-order valence-electron chi connectivity index (χ3n) is 1.58. The van der Waals surface area contributed by atoms with Crippen LogP contribution in [0.1, 0.15) is 20.3 Å². The van der Waals surface area contributed by atoms with Crippen LogP contribution in [-0.4, -0.2) is 28.3 Å². The van der Waals surface area contributed by atoms with Gasteiger partial charge in [0.25, 0.3) is 0 Å². The highest BCUT2D eigenvalue weighted by molar-refractivity contribution is 5.73. The van der Waals surface area contributed by atoms with E-state index in [4.69, 9.17) is 10.8 Å². The number of carboxylic acids is 1. The van der Waals surface area contributed by atoms with Crippen LogP contribution in [0.3, 0.4) is 0 Å². The van der Waals surface area contributed by atoms with Crippen LogP contribution in [0.25, 0.3) is 0 Å². The molecule has 66 valence electrons. The molecule has 0 fully saturated rings. The zero-order valence-corrected chi connectivity index (χ0v) is 6.82. The molecule has 0 heterocycles. The lowest BCUT2D eigenvalue weighted by Gasteiger charge is -2.16. The SMILES string of the molecule is CC(C)C(O)C[C@@H](N)C(=O)O. The quantitative estimate of drug-likeness (QED) is 0.533. The van der Waals surface area contributed by atoms with E-state index < -0.39 is 18.1 Å². The molecule has 4 heteroatoms. The molecule has 0 saturated heterocycles. The molecular formula is C7H15NO3. The van der Waals surface area contributed by atoms with Crippen molar-refractivity contribution in [3.05, 3.63) is 0 Å². The van der Waals surface area contributed by atoms with Crippen molar-refractivity contribution in [1.82, 2.24) is 0 Å². The molecule has 11 heavy (non-hydrogen) atoms. The standard InChI is InChI=1S/C7H15NO3/c1-4(2)6(9)3-5(8)7(10)11/h4-6,9H,3,8H2,1-2H3,(H,10,11)/t5-,6?/m1/s1. The molecule has 0 spiro atoms. The summed E-state index contributed by atoms with van der Waals surface area (Å²) >= 11 is 0. The summed E-state index contributed by atoms with van der Waals surface area (Å²) in [5.74, 6) is -1.01. The Labute approximate surface area is 66.0 Å². The van der Waals surface area contributed by atoms with E-state index in [1.54, 1.807) is 0 Å². The van der Waals surface area contributed by atoms with Crippen LogP contribution >= 0.6 is 0 Å². The van der Waals surface area contributed by atoms with Crippen LogP contribution in [0.5, 0.6) is 0 Å². The van der Waals surface area contributed by atoms with Gasteiger partial charge in [-0.1, -0.05) is 13.8 Å². The third kappa shape index (κ3) is 3.95. The Kier molecular flexibility index (Phi) is 4.07. The number of hydrogen-bond donors (Lipinski definition) is 3. The average Bonchev–Trinajstić information content (AvgIpc) is 1.87. The first-order valence-electron chi connectivity index (χ1n) is 3.61. The Hall–Kier alpha value is -0.610. The van der Waals surface area contributed by atoms with Gasteiger partial charge in [0, 0.05) is 0 Å². The van der Waals surface area contributed by atoms with Crippen LogP contribution in [0.15, 0.2) is 0 Å². The highest BCUT2D eigenvalue weighted by Crippen LogP contribution is 2.06. The van der Waals surface area contributed by atoms with E-state index in [0.717, 1.165) is 0 Å². The van der Waals surface area contributed by atoms with E-state index in [0.29, 0.717) is 0 Å². The van der Waals surface area contributed by atoms with Crippen molar-refractivity contribution in [1.29, 1.82) is 0 Å². The summed E-state index contributed by atoms with van der Waals surface area (Å²) in [4.78, 5) is 10.2. The zero-order chi connectivity index (χ0) is 9.02. The molecule has 0 aromatic carbocycles. The predicted octanol–water partition coefficient (Wildman–Crippen LogP) is -0.195. The van der Waals surface area contributed by atoms with Crippen molar-refractivity contribution in [2.75, 3.05) is 0 Å². The van der Waals surface area contributed by atoms with Gasteiger partial charge in [-0.15, -0.1) is 0 Å². The number of rotatable bonds is 4. The van der Waals surface area contributed by atoms with Crippen LogP contribution < -0.4 is 5.73 Å². The molecule has 0 aliphatic carbocycles. The Morgan fingerprint density at radius 2 is 2.00 bits per heavy atom. The predicted molar refractivity (Wildman–Crippen MR) is 41.1 cm³/mol. The minimum Gasteiger partial charge on any atom is -0.480 e. The van der Waals surface area contributed by atoms with Crippen molar-refractivity contribution in [2.24, 2.45) is 11.7 Å². The number of aliphatic hydroxyl groups excluding tert-OH is 1. The summed E-state index contributed by atoms with van der Waals surface area (Å²) in [6.45, 7) is 3.64. The Morgan fingerprint density at radius 3 is 2.27 bits per heavy atom. The summed E-state index contributed by atoms with van der Waals surface area (Å²) in [7, 11) is 0. The Bertz CT molecular complexity index is 136. The van der Waals surface area contributed by atoms with E-state index in [-0.39, 0.29) is 12.3 Å². The van der Waals surface area contributed by atoms with Gasteiger partial charge in [-0.25, -0.2) is 0 Å². The summed E-state index contributed by atoms with van der Waals surface area (Å²) in [6, 6.07) is -0.951. The van der Waals surface area contributed by atoms with Crippen molar-refractivity contribution in [2.45, 2.75) is 32.4 Å². The second kappa shape index (κ2) is 4.31. The van der Waals surface area contributed by atoms with Crippen LogP contribution in [0.2, 0.25) is 0 Å². The molecular weight excluding hydrogens is 146 g/mol. The van der Waals surface area contributed by atoms with Crippen LogP contribution in [0, 0.1) is 5.92 Å². The zero-order valence-electron chi connectivity index (χ0n) is 6.82. The lowest BCUT2D eigenvalue weighted by Crippen LogP contribution is -2.35. The minimum atomic E-state index is -1.07. The largest absolute Gasteiger partial charge is 0.480 e. The molecule has 0 bridgehead atoms. The molecule has 4 N–H and O–H groups in total. The summed E-state index contributed by atoms with van der Waals surface area (Å²) in [5, 5.41) is 17.6. The van der Waals surface area contributed by atoms with Gasteiger partial charge in [0.2, 0.25) is 0 Å². The summed E-state index contributed by atoms with van der Waals surface area (Å²) in [5.41, 5.74) is 5.20. The second-order valence-electron chi connectivity index (χ2n) is 2.99. The Balaban J connectivity index is 3.75. The molecule has 4 nitrogen and oxygen atoms in total. The molecule has 0 aliphatic heterocycles. The molecule has 2 atom stereocenters. The Morgan fingerprint density at radius 1 is 1.55 bits per heavy atom. The maximum absolute atomic E-state index is 10.2. The smallest absolute Gasteiger partial charge is 0.320 e. The van der Waals surface area contributed by atoms with Gasteiger partial charge >= 0.3 is 5.97 Å². The number of nitrogens with two attached hydrogens (primary N) is 1. The van der Waals surface area contributed by atoms with Gasteiger partial charge in [-0.2, -0.15) is 0 Å². The second-order valence-corrected chi connectivity index (χ2v) is 2.99. The van der Waals surface area contributed by atoms with E-state index >= 15 is 0 Å². The van der Waals surface area contributed by atoms with Crippen molar-refractivity contribution < 1.29 is 15.0 Å². The van der Waals surface area contributed by atoms with E-state index in [2.05, 4.69) is 0 Å². The molecule has 0 saturated carbocycles. The lowest BCUT2D eigenvalue weighted by atomic mass is 10.0. The molecule has 0 rings (SSSR count). The molecule has 0 aliphatic rings. The average molecular weight is 161 g/mol. The topological polar surface area (TPSA) is 83.5 Å². The molecule has 0 amide bonds. The maximum Gasteiger partial charge on any atom is 0.320 e. The van der Waals surface area contributed by atoms with Gasteiger partial charge in [-0.05, 0) is 12.3 Å². The number of carboxylic acid groups (broad SMARTS) is 1. The maximum atomic E-state index is 10.2. The van der Waals surface area contributed by atoms with Crippen molar-refractivity contribution >= 4 is 5.97 Å². The van der Waals surface area contributed by atoms with Crippen molar-refractivity contribution in [3.8, 4) is 0 Å². The fourth-order valence-corrected chi connectivity index (χ4v) is 0.633. The molecule has 0 radical (unpaired) electrons. The normalized spacial score (nSPS) is 16.5. The third-order valence-corrected chi connectivity index (χ3v) is 1.58. The first kappa shape index (κ1) is 10.4. The van der Waals surface area contributed by atoms with Gasteiger partial charge in [-0.3, -0.25) is 4.79 Å².